The van der Waals surface area contributed by atoms with Crippen molar-refractivity contribution in [1.82, 2.24) is 0 Å². The lowest BCUT2D eigenvalue weighted by molar-refractivity contribution is 0.575. The average Bonchev–Trinajstić information content (AvgIpc) is 2.99. The van der Waals surface area contributed by atoms with E-state index in [1.165, 1.54) is 74.5 Å². The summed E-state index contributed by atoms with van der Waals surface area (Å²) in [5.74, 6) is 0. The summed E-state index contributed by atoms with van der Waals surface area (Å²) in [7, 11) is 0. The van der Waals surface area contributed by atoms with E-state index in [9.17, 15) is 0 Å². The van der Waals surface area contributed by atoms with Crippen LogP contribution in [-0.2, 0) is 12.8 Å². The molecule has 1 aliphatic rings. The highest BCUT2D eigenvalue weighted by molar-refractivity contribution is 5.78. The summed E-state index contributed by atoms with van der Waals surface area (Å²) in [6.45, 7) is 4.63. The molecule has 0 atom stereocenters. The first-order chi connectivity index (χ1) is 11.8. The number of fused-ring (bicyclic) bond motifs is 3. The van der Waals surface area contributed by atoms with Crippen LogP contribution in [0.5, 0.6) is 0 Å². The van der Waals surface area contributed by atoms with Crippen molar-refractivity contribution in [2.24, 2.45) is 0 Å². The summed E-state index contributed by atoms with van der Waals surface area (Å²) in [4.78, 5) is 0. The zero-order valence-corrected chi connectivity index (χ0v) is 15.5. The summed E-state index contributed by atoms with van der Waals surface area (Å²) in [5, 5.41) is 0. The van der Waals surface area contributed by atoms with E-state index in [1.807, 2.05) is 0 Å². The van der Waals surface area contributed by atoms with E-state index in [0.29, 0.717) is 0 Å². The van der Waals surface area contributed by atoms with Gasteiger partial charge in [0.2, 0.25) is 0 Å². The van der Waals surface area contributed by atoms with Crippen molar-refractivity contribution in [3.63, 3.8) is 0 Å². The Balaban J connectivity index is 1.51. The number of hydrogen-bond acceptors (Lipinski definition) is 0. The molecule has 0 saturated carbocycles. The molecule has 3 rings (SSSR count). The molecule has 128 valence electrons. The minimum absolute atomic E-state index is 1.13. The molecule has 0 aliphatic heterocycles. The first-order valence-corrected chi connectivity index (χ1v) is 10.0. The quantitative estimate of drug-likeness (QED) is 0.364. The maximum atomic E-state index is 2.39. The lowest BCUT2D eigenvalue weighted by atomic mass is 9.94. The Morgan fingerprint density at radius 3 is 2.25 bits per heavy atom. The number of rotatable bonds is 9. The molecule has 0 radical (unpaired) electrons. The maximum absolute atomic E-state index is 2.39. The molecule has 0 saturated heterocycles. The van der Waals surface area contributed by atoms with Gasteiger partial charge in [0, 0.05) is 0 Å². The van der Waals surface area contributed by atoms with E-state index in [0.717, 1.165) is 6.42 Å². The van der Waals surface area contributed by atoms with Gasteiger partial charge in [0.15, 0.2) is 0 Å². The van der Waals surface area contributed by atoms with Gasteiger partial charge in [-0.3, -0.25) is 0 Å². The van der Waals surface area contributed by atoms with Crippen LogP contribution in [-0.4, -0.2) is 0 Å². The lowest BCUT2D eigenvalue weighted by Crippen LogP contribution is -1.95. The highest BCUT2D eigenvalue weighted by Gasteiger charge is 2.20. The van der Waals surface area contributed by atoms with Gasteiger partial charge >= 0.3 is 0 Å². The van der Waals surface area contributed by atoms with Gasteiger partial charge in [-0.1, -0.05) is 88.3 Å². The van der Waals surface area contributed by atoms with Crippen molar-refractivity contribution in [3.8, 4) is 11.1 Å². The van der Waals surface area contributed by atoms with Gasteiger partial charge in [-0.25, -0.2) is 0 Å². The Bertz CT molecular complexity index is 666. The fraction of sp³-hybridized carbons (Fsp3) is 0.500. The Morgan fingerprint density at radius 1 is 0.750 bits per heavy atom. The largest absolute Gasteiger partial charge is 0.0654 e. The van der Waals surface area contributed by atoms with E-state index >= 15 is 0 Å². The van der Waals surface area contributed by atoms with E-state index in [-0.39, 0.29) is 0 Å². The van der Waals surface area contributed by atoms with Crippen molar-refractivity contribution in [2.45, 2.75) is 78.1 Å². The minimum atomic E-state index is 1.13. The van der Waals surface area contributed by atoms with Crippen LogP contribution in [0.1, 0.15) is 80.5 Å². The molecule has 0 spiro atoms. The van der Waals surface area contributed by atoms with Gasteiger partial charge < -0.3 is 0 Å². The molecule has 24 heavy (non-hydrogen) atoms. The van der Waals surface area contributed by atoms with Crippen molar-refractivity contribution < 1.29 is 0 Å². The van der Waals surface area contributed by atoms with E-state index in [1.54, 1.807) is 16.7 Å². The molecule has 0 nitrogen and oxygen atoms in total. The second-order valence-electron chi connectivity index (χ2n) is 7.43. The predicted molar refractivity (Wildman–Crippen MR) is 106 cm³/mol. The lowest BCUT2D eigenvalue weighted by Gasteiger charge is -2.11. The fourth-order valence-electron chi connectivity index (χ4n) is 4.13. The van der Waals surface area contributed by atoms with Gasteiger partial charge in [-0.2, -0.15) is 0 Å². The molecule has 0 heteroatoms. The van der Waals surface area contributed by atoms with Crippen LogP contribution in [0.4, 0.5) is 0 Å². The molecule has 2 aromatic rings. The second kappa shape index (κ2) is 8.51. The molecular formula is C24H32. The van der Waals surface area contributed by atoms with E-state index in [4.69, 9.17) is 0 Å². The molecular weight excluding hydrogens is 288 g/mol. The van der Waals surface area contributed by atoms with Gasteiger partial charge in [-0.05, 0) is 59.6 Å². The van der Waals surface area contributed by atoms with Crippen LogP contribution in [0, 0.1) is 6.92 Å². The normalized spacial score (nSPS) is 12.2. The second-order valence-corrected chi connectivity index (χ2v) is 7.43. The zero-order valence-electron chi connectivity index (χ0n) is 15.5. The highest BCUT2D eigenvalue weighted by Crippen LogP contribution is 2.39. The Kier molecular flexibility index (Phi) is 6.12. The van der Waals surface area contributed by atoms with Gasteiger partial charge in [0.05, 0.1) is 0 Å². The number of hydrogen-bond donors (Lipinski definition) is 0. The van der Waals surface area contributed by atoms with Crippen LogP contribution in [0.25, 0.3) is 11.1 Å². The Labute approximate surface area is 148 Å². The summed E-state index contributed by atoms with van der Waals surface area (Å²) in [5.41, 5.74) is 9.13. The minimum Gasteiger partial charge on any atom is -0.0654 e. The SMILES string of the molecule is CCCCCCCCCCc1ccc2c(c1C)Cc1ccccc1-2. The fourth-order valence-corrected chi connectivity index (χ4v) is 4.13. The standard InChI is InChI=1S/C24H32/c1-3-4-5-6-7-8-9-10-13-20-16-17-23-22-15-12-11-14-21(22)18-24(23)19(20)2/h11-12,14-17H,3-10,13,18H2,1-2H3. The number of unbranched alkanes of at least 4 members (excludes halogenated alkanes) is 7. The van der Waals surface area contributed by atoms with Crippen LogP contribution in [0.3, 0.4) is 0 Å². The zero-order chi connectivity index (χ0) is 16.8. The molecule has 1 aliphatic carbocycles. The summed E-state index contributed by atoms with van der Waals surface area (Å²) in [6.07, 6.45) is 13.6. The molecule has 2 aromatic carbocycles. The van der Waals surface area contributed by atoms with Gasteiger partial charge in [0.25, 0.3) is 0 Å². The third-order valence-electron chi connectivity index (χ3n) is 5.69. The van der Waals surface area contributed by atoms with Crippen molar-refractivity contribution in [2.75, 3.05) is 0 Å². The maximum Gasteiger partial charge on any atom is -0.00107 e. The van der Waals surface area contributed by atoms with Crippen LogP contribution in [0.2, 0.25) is 0 Å². The van der Waals surface area contributed by atoms with Crippen LogP contribution >= 0.6 is 0 Å². The van der Waals surface area contributed by atoms with Crippen LogP contribution < -0.4 is 0 Å². The average molecular weight is 321 g/mol. The predicted octanol–water partition coefficient (Wildman–Crippen LogP) is 7.25. The van der Waals surface area contributed by atoms with Gasteiger partial charge in [0.1, 0.15) is 0 Å². The van der Waals surface area contributed by atoms with Gasteiger partial charge in [-0.15, -0.1) is 0 Å². The highest BCUT2D eigenvalue weighted by atomic mass is 14.2. The summed E-state index contributed by atoms with van der Waals surface area (Å²) >= 11 is 0. The summed E-state index contributed by atoms with van der Waals surface area (Å²) < 4.78 is 0. The molecule has 0 fully saturated rings. The van der Waals surface area contributed by atoms with Crippen LogP contribution in [0.15, 0.2) is 36.4 Å². The molecule has 0 unspecified atom stereocenters. The number of aryl methyl sites for hydroxylation is 1. The third kappa shape index (κ3) is 3.91. The smallest absolute Gasteiger partial charge is 0.00107 e. The molecule has 0 N–H and O–H groups in total. The topological polar surface area (TPSA) is 0 Å². The first kappa shape index (κ1) is 17.3. The summed E-state index contributed by atoms with van der Waals surface area (Å²) in [6, 6.07) is 13.6. The first-order valence-electron chi connectivity index (χ1n) is 10.0. The monoisotopic (exact) mass is 320 g/mol. The molecule has 0 aromatic heterocycles. The third-order valence-corrected chi connectivity index (χ3v) is 5.69. The molecule has 0 amide bonds. The van der Waals surface area contributed by atoms with Crippen molar-refractivity contribution >= 4 is 0 Å². The Hall–Kier alpha value is -1.56. The van der Waals surface area contributed by atoms with Crippen molar-refractivity contribution in [3.05, 3.63) is 58.7 Å². The van der Waals surface area contributed by atoms with Crippen molar-refractivity contribution in [1.29, 1.82) is 0 Å². The van der Waals surface area contributed by atoms with E-state index in [2.05, 4.69) is 50.2 Å². The van der Waals surface area contributed by atoms with E-state index < -0.39 is 0 Å². The molecule has 0 bridgehead atoms. The molecule has 0 heterocycles. The Morgan fingerprint density at radius 2 is 1.46 bits per heavy atom. The number of benzene rings is 2.